The summed E-state index contributed by atoms with van der Waals surface area (Å²) in [6.45, 7) is 5.12. The molecule has 2 aliphatic rings. The first kappa shape index (κ1) is 20.5. The third-order valence-electron chi connectivity index (χ3n) is 5.72. The third-order valence-corrected chi connectivity index (χ3v) is 5.72. The molecule has 0 radical (unpaired) electrons. The molecule has 0 atom stereocenters. The largest absolute Gasteiger partial charge is 0.493 e. The van der Waals surface area contributed by atoms with Gasteiger partial charge in [0.2, 0.25) is 0 Å². The number of ether oxygens (including phenoxy) is 2. The summed E-state index contributed by atoms with van der Waals surface area (Å²) in [5.74, 6) is 0.977. The van der Waals surface area contributed by atoms with E-state index in [4.69, 9.17) is 9.47 Å². The second kappa shape index (κ2) is 9.77. The Kier molecular flexibility index (Phi) is 8.01. The highest BCUT2D eigenvalue weighted by Crippen LogP contribution is 2.42. The molecule has 0 amide bonds. The van der Waals surface area contributed by atoms with Crippen molar-refractivity contribution in [2.75, 3.05) is 40.4 Å². The number of nitrogens with zero attached hydrogens (tertiary/aromatic N) is 1. The molecule has 5 heteroatoms. The van der Waals surface area contributed by atoms with Gasteiger partial charge in [0.25, 0.3) is 0 Å². The second-order valence-corrected chi connectivity index (χ2v) is 7.56. The first-order chi connectivity index (χ1) is 11.7. The molecule has 0 unspecified atom stereocenters. The molecule has 0 spiro atoms. The van der Waals surface area contributed by atoms with E-state index in [0.717, 1.165) is 12.4 Å². The van der Waals surface area contributed by atoms with Crippen LogP contribution in [-0.2, 0) is 11.3 Å². The fourth-order valence-corrected chi connectivity index (χ4v) is 4.01. The molecule has 1 aromatic rings. The molecular formula is C20H33ClN2O2. The summed E-state index contributed by atoms with van der Waals surface area (Å²) in [7, 11) is 3.81. The number of benzene rings is 1. The van der Waals surface area contributed by atoms with Gasteiger partial charge in [-0.1, -0.05) is 18.6 Å². The number of piperidine rings is 1. The molecule has 4 nitrogen and oxygen atoms in total. The van der Waals surface area contributed by atoms with Crippen molar-refractivity contribution in [3.8, 4) is 5.75 Å². The van der Waals surface area contributed by atoms with Gasteiger partial charge in [-0.2, -0.15) is 0 Å². The fourth-order valence-electron chi connectivity index (χ4n) is 4.01. The Morgan fingerprint density at radius 3 is 2.60 bits per heavy atom. The van der Waals surface area contributed by atoms with Crippen molar-refractivity contribution in [1.29, 1.82) is 0 Å². The third kappa shape index (κ3) is 5.58. The minimum atomic E-state index is 0. The summed E-state index contributed by atoms with van der Waals surface area (Å²) in [4.78, 5) is 2.65. The molecule has 1 aromatic carbocycles. The van der Waals surface area contributed by atoms with Gasteiger partial charge in [-0.3, -0.25) is 0 Å². The maximum Gasteiger partial charge on any atom is 0.119 e. The van der Waals surface area contributed by atoms with Crippen LogP contribution in [0.4, 0.5) is 0 Å². The molecule has 3 rings (SSSR count). The number of nitrogens with one attached hydrogen (secondary N) is 1. The van der Waals surface area contributed by atoms with Crippen LogP contribution < -0.4 is 10.1 Å². The molecule has 142 valence electrons. The van der Waals surface area contributed by atoms with Gasteiger partial charge >= 0.3 is 0 Å². The van der Waals surface area contributed by atoms with Crippen LogP contribution in [0.15, 0.2) is 24.3 Å². The Balaban J connectivity index is 0.00000225. The first-order valence-electron chi connectivity index (χ1n) is 9.33. The van der Waals surface area contributed by atoms with Gasteiger partial charge in [-0.05, 0) is 63.5 Å². The van der Waals surface area contributed by atoms with E-state index in [9.17, 15) is 0 Å². The maximum atomic E-state index is 6.19. The van der Waals surface area contributed by atoms with Gasteiger partial charge in [0.15, 0.2) is 0 Å². The van der Waals surface area contributed by atoms with E-state index in [-0.39, 0.29) is 12.4 Å². The highest BCUT2D eigenvalue weighted by Gasteiger charge is 2.40. The van der Waals surface area contributed by atoms with E-state index in [1.807, 2.05) is 0 Å². The van der Waals surface area contributed by atoms with Gasteiger partial charge in [0, 0.05) is 25.1 Å². The van der Waals surface area contributed by atoms with Gasteiger partial charge in [0.05, 0.1) is 13.2 Å². The quantitative estimate of drug-likeness (QED) is 0.761. The highest BCUT2D eigenvalue weighted by atomic mass is 35.5. The second-order valence-electron chi connectivity index (χ2n) is 7.56. The number of methoxy groups -OCH3 is 1. The number of likely N-dealkylation sites (tertiary alicyclic amines) is 1. The lowest BCUT2D eigenvalue weighted by Crippen LogP contribution is -2.50. The van der Waals surface area contributed by atoms with E-state index >= 15 is 0 Å². The summed E-state index contributed by atoms with van der Waals surface area (Å²) in [5, 5.41) is 3.42. The molecule has 1 saturated carbocycles. The van der Waals surface area contributed by atoms with Gasteiger partial charge in [-0.15, -0.1) is 12.4 Å². The van der Waals surface area contributed by atoms with E-state index < -0.39 is 0 Å². The lowest BCUT2D eigenvalue weighted by molar-refractivity contribution is 0.00991. The van der Waals surface area contributed by atoms with Crippen LogP contribution in [0.25, 0.3) is 0 Å². The van der Waals surface area contributed by atoms with Crippen molar-refractivity contribution in [3.05, 3.63) is 29.8 Å². The first-order valence-corrected chi connectivity index (χ1v) is 9.33. The molecule has 25 heavy (non-hydrogen) atoms. The summed E-state index contributed by atoms with van der Waals surface area (Å²) >= 11 is 0. The summed E-state index contributed by atoms with van der Waals surface area (Å²) in [6, 6.07) is 9.01. The van der Waals surface area contributed by atoms with Crippen molar-refractivity contribution in [1.82, 2.24) is 10.2 Å². The zero-order valence-corrected chi connectivity index (χ0v) is 16.4. The zero-order valence-electron chi connectivity index (χ0n) is 15.6. The topological polar surface area (TPSA) is 33.7 Å². The van der Waals surface area contributed by atoms with Crippen LogP contribution >= 0.6 is 12.4 Å². The maximum absolute atomic E-state index is 6.19. The monoisotopic (exact) mass is 368 g/mol. The van der Waals surface area contributed by atoms with Crippen LogP contribution in [0.2, 0.25) is 0 Å². The molecular weight excluding hydrogens is 336 g/mol. The molecule has 1 aliphatic carbocycles. The lowest BCUT2D eigenvalue weighted by atomic mass is 9.69. The van der Waals surface area contributed by atoms with Crippen LogP contribution in [-0.4, -0.2) is 51.3 Å². The molecule has 1 heterocycles. The van der Waals surface area contributed by atoms with Crippen molar-refractivity contribution in [2.24, 2.45) is 5.41 Å². The van der Waals surface area contributed by atoms with Crippen molar-refractivity contribution in [2.45, 2.75) is 44.8 Å². The van der Waals surface area contributed by atoms with E-state index in [1.165, 1.54) is 57.3 Å². The molecule has 1 aliphatic heterocycles. The van der Waals surface area contributed by atoms with E-state index in [2.05, 4.69) is 41.5 Å². The molecule has 1 N–H and O–H groups in total. The Morgan fingerprint density at radius 1 is 1.24 bits per heavy atom. The standard InChI is InChI=1S/C20H32N2O2.ClH/c1-21-18-7-11-22(12-8-18)15-20(9-4-10-20)16-24-19-6-3-5-17(13-19)14-23-2;/h3,5-6,13,18,21H,4,7-12,14-16H2,1-2H3;1H. The van der Waals surface area contributed by atoms with Crippen LogP contribution in [0.3, 0.4) is 0 Å². The SMILES string of the molecule is CNC1CCN(CC2(COc3cccc(COC)c3)CCC2)CC1.Cl. The Labute approximate surface area is 158 Å². The summed E-state index contributed by atoms with van der Waals surface area (Å²) in [6.07, 6.45) is 6.49. The summed E-state index contributed by atoms with van der Waals surface area (Å²) in [5.41, 5.74) is 1.54. The Hall–Kier alpha value is -0.810. The lowest BCUT2D eigenvalue weighted by Gasteiger charge is -2.46. The molecule has 2 fully saturated rings. The predicted octanol–water partition coefficient (Wildman–Crippen LogP) is 3.49. The Bertz CT molecular complexity index is 514. The van der Waals surface area contributed by atoms with Gasteiger partial charge in [-0.25, -0.2) is 0 Å². The van der Waals surface area contributed by atoms with Crippen molar-refractivity contribution < 1.29 is 9.47 Å². The van der Waals surface area contributed by atoms with Gasteiger partial charge in [0.1, 0.15) is 5.75 Å². The van der Waals surface area contributed by atoms with Crippen LogP contribution in [0.1, 0.15) is 37.7 Å². The van der Waals surface area contributed by atoms with Gasteiger partial charge < -0.3 is 19.7 Å². The smallest absolute Gasteiger partial charge is 0.119 e. The van der Waals surface area contributed by atoms with Crippen molar-refractivity contribution in [3.63, 3.8) is 0 Å². The number of halogens is 1. The van der Waals surface area contributed by atoms with Crippen LogP contribution in [0.5, 0.6) is 5.75 Å². The predicted molar refractivity (Wildman–Crippen MR) is 105 cm³/mol. The van der Waals surface area contributed by atoms with Crippen molar-refractivity contribution >= 4 is 12.4 Å². The average Bonchev–Trinajstić information content (AvgIpc) is 2.58. The fraction of sp³-hybridized carbons (Fsp3) is 0.700. The average molecular weight is 369 g/mol. The molecule has 1 saturated heterocycles. The number of hydrogen-bond acceptors (Lipinski definition) is 4. The summed E-state index contributed by atoms with van der Waals surface area (Å²) < 4.78 is 11.4. The van der Waals surface area contributed by atoms with Crippen LogP contribution in [0, 0.1) is 5.41 Å². The van der Waals surface area contributed by atoms with E-state index in [1.54, 1.807) is 7.11 Å². The zero-order chi connectivity index (χ0) is 16.8. The molecule has 0 bridgehead atoms. The van der Waals surface area contributed by atoms with E-state index in [0.29, 0.717) is 18.1 Å². The minimum Gasteiger partial charge on any atom is -0.493 e. The number of hydrogen-bond donors (Lipinski definition) is 1. The molecule has 0 aromatic heterocycles. The Morgan fingerprint density at radius 2 is 2.00 bits per heavy atom. The normalized spacial score (nSPS) is 20.6. The number of rotatable bonds is 8. The highest BCUT2D eigenvalue weighted by molar-refractivity contribution is 5.85. The minimum absolute atomic E-state index is 0.